The van der Waals surface area contributed by atoms with Crippen molar-refractivity contribution in [2.45, 2.75) is 12.8 Å². The first-order chi connectivity index (χ1) is 9.24. The van der Waals surface area contributed by atoms with Gasteiger partial charge in [0.2, 0.25) is 0 Å². The summed E-state index contributed by atoms with van der Waals surface area (Å²) in [6.07, 6.45) is 2.50. The van der Waals surface area contributed by atoms with E-state index < -0.39 is 0 Å². The number of benzene rings is 1. The van der Waals surface area contributed by atoms with Crippen LogP contribution in [-0.4, -0.2) is 48.7 Å². The third kappa shape index (κ3) is 2.51. The Morgan fingerprint density at radius 2 is 2.00 bits per heavy atom. The fraction of sp³-hybridized carbons (Fsp3) is 0.500. The van der Waals surface area contributed by atoms with Crippen LogP contribution in [0.5, 0.6) is 11.5 Å². The van der Waals surface area contributed by atoms with Crippen LogP contribution in [0.1, 0.15) is 12.8 Å². The predicted molar refractivity (Wildman–Crippen MR) is 71.6 cm³/mol. The summed E-state index contributed by atoms with van der Waals surface area (Å²) in [5, 5.41) is 9.45. The fourth-order valence-corrected chi connectivity index (χ4v) is 2.69. The van der Waals surface area contributed by atoms with Crippen LogP contribution < -0.4 is 9.64 Å². The third-order valence-corrected chi connectivity index (χ3v) is 3.72. The molecule has 0 bridgehead atoms. The van der Waals surface area contributed by atoms with Gasteiger partial charge in [0.05, 0.1) is 5.69 Å². The van der Waals surface area contributed by atoms with Crippen molar-refractivity contribution in [2.75, 3.05) is 37.7 Å². The quantitative estimate of drug-likeness (QED) is 0.889. The molecule has 0 unspecified atom stereocenters. The maximum atomic E-state index is 12.0. The monoisotopic (exact) mass is 262 g/mol. The summed E-state index contributed by atoms with van der Waals surface area (Å²) in [5.74, 6) is 0.728. The van der Waals surface area contributed by atoms with Crippen molar-refractivity contribution in [3.05, 3.63) is 18.2 Å². The number of amides is 1. The van der Waals surface area contributed by atoms with E-state index in [-0.39, 0.29) is 18.3 Å². The van der Waals surface area contributed by atoms with Gasteiger partial charge in [0.15, 0.2) is 6.61 Å². The molecule has 1 amide bonds. The maximum absolute atomic E-state index is 12.0. The Labute approximate surface area is 112 Å². The molecular weight excluding hydrogens is 244 g/mol. The molecule has 102 valence electrons. The molecule has 0 aliphatic carbocycles. The van der Waals surface area contributed by atoms with E-state index >= 15 is 0 Å². The minimum Gasteiger partial charge on any atom is -0.508 e. The molecule has 3 rings (SSSR count). The number of aromatic hydroxyl groups is 1. The summed E-state index contributed by atoms with van der Waals surface area (Å²) in [7, 11) is 0. The summed E-state index contributed by atoms with van der Waals surface area (Å²) in [6.45, 7) is 3.88. The van der Waals surface area contributed by atoms with Crippen molar-refractivity contribution >= 4 is 11.6 Å². The molecular formula is C14H18N2O3. The zero-order valence-corrected chi connectivity index (χ0v) is 10.8. The molecule has 2 aliphatic heterocycles. The molecule has 1 saturated heterocycles. The number of carbonyl (C=O) groups excluding carboxylic acids is 1. The summed E-state index contributed by atoms with van der Waals surface area (Å²) in [6, 6.07) is 4.89. The number of ether oxygens (including phenoxy) is 1. The molecule has 1 aromatic carbocycles. The number of fused-ring (bicyclic) bond motifs is 1. The number of likely N-dealkylation sites (tertiary alicyclic amines) is 1. The Morgan fingerprint density at radius 1 is 1.21 bits per heavy atom. The Balaban J connectivity index is 1.74. The van der Waals surface area contributed by atoms with Gasteiger partial charge in [-0.3, -0.25) is 4.79 Å². The smallest absolute Gasteiger partial charge is 0.265 e. The zero-order chi connectivity index (χ0) is 13.2. The highest BCUT2D eigenvalue weighted by Crippen LogP contribution is 2.34. The Kier molecular flexibility index (Phi) is 3.29. The number of hydrogen-bond donors (Lipinski definition) is 1. The highest BCUT2D eigenvalue weighted by Gasteiger charge is 2.26. The summed E-state index contributed by atoms with van der Waals surface area (Å²) < 4.78 is 5.35. The minimum atomic E-state index is -0.0163. The predicted octanol–water partition coefficient (Wildman–Crippen LogP) is 1.21. The highest BCUT2D eigenvalue weighted by atomic mass is 16.5. The van der Waals surface area contributed by atoms with Gasteiger partial charge >= 0.3 is 0 Å². The first kappa shape index (κ1) is 12.3. The van der Waals surface area contributed by atoms with Gasteiger partial charge in [0, 0.05) is 19.2 Å². The zero-order valence-electron chi connectivity index (χ0n) is 10.8. The van der Waals surface area contributed by atoms with Crippen LogP contribution in [0.3, 0.4) is 0 Å². The molecule has 0 aromatic heterocycles. The standard InChI is InChI=1S/C14H18N2O3/c17-11-3-4-12-13(9-11)19-10-14(18)16(12)8-7-15-5-1-2-6-15/h3-4,9,17H,1-2,5-8,10H2. The van der Waals surface area contributed by atoms with Gasteiger partial charge in [-0.15, -0.1) is 0 Å². The molecule has 1 fully saturated rings. The van der Waals surface area contributed by atoms with Gasteiger partial charge in [-0.05, 0) is 38.1 Å². The normalized spacial score (nSPS) is 19.4. The molecule has 5 nitrogen and oxygen atoms in total. The average Bonchev–Trinajstić information content (AvgIpc) is 2.91. The molecule has 5 heteroatoms. The van der Waals surface area contributed by atoms with Crippen molar-refractivity contribution in [3.63, 3.8) is 0 Å². The van der Waals surface area contributed by atoms with Crippen molar-refractivity contribution < 1.29 is 14.6 Å². The SMILES string of the molecule is O=C1COc2cc(O)ccc2N1CCN1CCCC1. The van der Waals surface area contributed by atoms with Crippen molar-refractivity contribution in [1.82, 2.24) is 4.90 Å². The molecule has 2 heterocycles. The van der Waals surface area contributed by atoms with Gasteiger partial charge in [-0.2, -0.15) is 0 Å². The number of nitrogens with zero attached hydrogens (tertiary/aromatic N) is 2. The third-order valence-electron chi connectivity index (χ3n) is 3.72. The van der Waals surface area contributed by atoms with E-state index in [4.69, 9.17) is 4.74 Å². The molecule has 19 heavy (non-hydrogen) atoms. The molecule has 1 aromatic rings. The van der Waals surface area contributed by atoms with Gasteiger partial charge < -0.3 is 19.6 Å². The van der Waals surface area contributed by atoms with Gasteiger partial charge in [-0.1, -0.05) is 0 Å². The first-order valence-corrected chi connectivity index (χ1v) is 6.72. The topological polar surface area (TPSA) is 53.0 Å². The second-order valence-electron chi connectivity index (χ2n) is 5.03. The van der Waals surface area contributed by atoms with Crippen LogP contribution in [0.25, 0.3) is 0 Å². The summed E-state index contributed by atoms with van der Waals surface area (Å²) >= 11 is 0. The van der Waals surface area contributed by atoms with E-state index in [1.54, 1.807) is 23.1 Å². The van der Waals surface area contributed by atoms with Gasteiger partial charge in [0.25, 0.3) is 5.91 Å². The van der Waals surface area contributed by atoms with Crippen molar-refractivity contribution in [3.8, 4) is 11.5 Å². The first-order valence-electron chi connectivity index (χ1n) is 6.72. The average molecular weight is 262 g/mol. The molecule has 0 saturated carbocycles. The number of phenols is 1. The van der Waals surface area contributed by atoms with E-state index in [0.29, 0.717) is 12.3 Å². The Morgan fingerprint density at radius 3 is 2.79 bits per heavy atom. The summed E-state index contributed by atoms with van der Waals surface area (Å²) in [4.78, 5) is 16.1. The molecule has 1 N–H and O–H groups in total. The van der Waals surface area contributed by atoms with Gasteiger partial charge in [-0.25, -0.2) is 0 Å². The molecule has 0 atom stereocenters. The number of anilines is 1. The maximum Gasteiger partial charge on any atom is 0.265 e. The lowest BCUT2D eigenvalue weighted by Crippen LogP contribution is -2.43. The Bertz CT molecular complexity index is 484. The van der Waals surface area contributed by atoms with Crippen LogP contribution in [0.4, 0.5) is 5.69 Å². The van der Waals surface area contributed by atoms with E-state index in [2.05, 4.69) is 4.90 Å². The lowest BCUT2D eigenvalue weighted by Gasteiger charge is -2.30. The molecule has 0 spiro atoms. The number of carbonyl (C=O) groups is 1. The van der Waals surface area contributed by atoms with Crippen molar-refractivity contribution in [2.24, 2.45) is 0 Å². The van der Waals surface area contributed by atoms with E-state index in [1.165, 1.54) is 12.8 Å². The van der Waals surface area contributed by atoms with Crippen LogP contribution in [0.15, 0.2) is 18.2 Å². The summed E-state index contributed by atoms with van der Waals surface area (Å²) in [5.41, 5.74) is 0.758. The van der Waals surface area contributed by atoms with E-state index in [1.807, 2.05) is 0 Å². The van der Waals surface area contributed by atoms with Crippen LogP contribution in [0.2, 0.25) is 0 Å². The van der Waals surface area contributed by atoms with E-state index in [9.17, 15) is 9.90 Å². The number of hydrogen-bond acceptors (Lipinski definition) is 4. The van der Waals surface area contributed by atoms with Crippen LogP contribution in [-0.2, 0) is 4.79 Å². The van der Waals surface area contributed by atoms with Crippen LogP contribution in [0, 0.1) is 0 Å². The lowest BCUT2D eigenvalue weighted by molar-refractivity contribution is -0.121. The fourth-order valence-electron chi connectivity index (χ4n) is 2.69. The second kappa shape index (κ2) is 5.09. The van der Waals surface area contributed by atoms with Crippen molar-refractivity contribution in [1.29, 1.82) is 0 Å². The van der Waals surface area contributed by atoms with E-state index in [0.717, 1.165) is 25.3 Å². The number of phenolic OH excluding ortho intramolecular Hbond substituents is 1. The lowest BCUT2D eigenvalue weighted by atomic mass is 10.2. The second-order valence-corrected chi connectivity index (χ2v) is 5.03. The van der Waals surface area contributed by atoms with Gasteiger partial charge in [0.1, 0.15) is 11.5 Å². The van der Waals surface area contributed by atoms with Crippen LogP contribution >= 0.6 is 0 Å². The number of rotatable bonds is 3. The Hall–Kier alpha value is -1.75. The molecule has 0 radical (unpaired) electrons. The minimum absolute atomic E-state index is 0.0163. The largest absolute Gasteiger partial charge is 0.508 e. The molecule has 2 aliphatic rings. The highest BCUT2D eigenvalue weighted by molar-refractivity contribution is 5.97.